The summed E-state index contributed by atoms with van der Waals surface area (Å²) in [6.07, 6.45) is 3.49. The maximum Gasteiger partial charge on any atom is 0.155 e. The molecule has 108 valence electrons. The summed E-state index contributed by atoms with van der Waals surface area (Å²) >= 11 is 0. The number of nitrogens with zero attached hydrogens (tertiary/aromatic N) is 2. The van der Waals surface area contributed by atoms with Crippen molar-refractivity contribution in [3.63, 3.8) is 0 Å². The minimum Gasteiger partial charge on any atom is -0.381 e. The molecule has 0 atom stereocenters. The van der Waals surface area contributed by atoms with Crippen LogP contribution < -0.4 is 5.32 Å². The van der Waals surface area contributed by atoms with E-state index in [1.165, 1.54) is 22.8 Å². The fraction of sp³-hybridized carbons (Fsp3) is 0.0588. The second kappa shape index (κ2) is 5.37. The molecule has 0 spiro atoms. The Kier molecular flexibility index (Phi) is 3.08. The Hall–Kier alpha value is -3.08. The van der Waals surface area contributed by atoms with E-state index in [2.05, 4.69) is 61.9 Å². The zero-order chi connectivity index (χ0) is 14.8. The summed E-state index contributed by atoms with van der Waals surface area (Å²) < 4.78 is 0. The molecule has 0 aliphatic carbocycles. The van der Waals surface area contributed by atoms with E-state index < -0.39 is 0 Å². The lowest BCUT2D eigenvalue weighted by molar-refractivity contribution is 1.09. The van der Waals surface area contributed by atoms with Gasteiger partial charge >= 0.3 is 0 Å². The van der Waals surface area contributed by atoms with E-state index in [4.69, 9.17) is 0 Å². The molecule has 0 amide bonds. The molecule has 0 unspecified atom stereocenters. The maximum absolute atomic E-state index is 4.18. The molecule has 0 saturated carbocycles. The lowest BCUT2D eigenvalue weighted by atomic mass is 10.1. The maximum atomic E-state index is 4.18. The third-order valence-electron chi connectivity index (χ3n) is 3.71. The van der Waals surface area contributed by atoms with Crippen molar-refractivity contribution < 1.29 is 0 Å². The summed E-state index contributed by atoms with van der Waals surface area (Å²) in [6, 6.07) is 16.5. The number of hydrogen-bond donors (Lipinski definition) is 3. The van der Waals surface area contributed by atoms with Crippen molar-refractivity contribution in [2.45, 2.75) is 6.54 Å². The summed E-state index contributed by atoms with van der Waals surface area (Å²) in [5, 5.41) is 11.5. The average Bonchev–Trinajstić information content (AvgIpc) is 3.24. The van der Waals surface area contributed by atoms with Crippen LogP contribution in [0.1, 0.15) is 5.56 Å². The number of fused-ring (bicyclic) bond motifs is 1. The Morgan fingerprint density at radius 1 is 1.05 bits per heavy atom. The number of benzene rings is 2. The molecule has 4 aromatic rings. The Labute approximate surface area is 127 Å². The number of anilines is 1. The van der Waals surface area contributed by atoms with E-state index in [0.717, 1.165) is 23.6 Å². The number of aromatic nitrogens is 4. The monoisotopic (exact) mass is 289 g/mol. The molecule has 0 bridgehead atoms. The summed E-state index contributed by atoms with van der Waals surface area (Å²) in [7, 11) is 0. The van der Waals surface area contributed by atoms with Crippen LogP contribution in [0.15, 0.2) is 61.1 Å². The summed E-state index contributed by atoms with van der Waals surface area (Å²) in [6.45, 7) is 0.762. The lowest BCUT2D eigenvalue weighted by Crippen LogP contribution is -2.00. The first kappa shape index (κ1) is 12.6. The van der Waals surface area contributed by atoms with Crippen LogP contribution in [0.2, 0.25) is 0 Å². The Morgan fingerprint density at radius 3 is 2.91 bits per heavy atom. The van der Waals surface area contributed by atoms with Gasteiger partial charge in [0, 0.05) is 24.0 Å². The van der Waals surface area contributed by atoms with Crippen molar-refractivity contribution in [1.29, 1.82) is 0 Å². The highest BCUT2D eigenvalue weighted by molar-refractivity contribution is 5.82. The van der Waals surface area contributed by atoms with Gasteiger partial charge in [0.05, 0.1) is 5.52 Å². The number of para-hydroxylation sites is 1. The normalized spacial score (nSPS) is 10.9. The molecule has 0 aliphatic heterocycles. The SMILES string of the molecule is c1cc(NCc2cccc3cc[nH]c23)cc(-c2ncn[nH]2)c1. The van der Waals surface area contributed by atoms with Gasteiger partial charge in [-0.1, -0.05) is 30.3 Å². The van der Waals surface area contributed by atoms with Crippen molar-refractivity contribution >= 4 is 16.6 Å². The first-order valence-corrected chi connectivity index (χ1v) is 7.15. The quantitative estimate of drug-likeness (QED) is 0.538. The lowest BCUT2D eigenvalue weighted by Gasteiger charge is -2.09. The molecule has 0 radical (unpaired) electrons. The van der Waals surface area contributed by atoms with Crippen molar-refractivity contribution in [2.75, 3.05) is 5.32 Å². The molecule has 2 aromatic carbocycles. The van der Waals surface area contributed by atoms with Gasteiger partial charge in [0.1, 0.15) is 6.33 Å². The topological polar surface area (TPSA) is 69.4 Å². The molecular formula is C17H15N5. The largest absolute Gasteiger partial charge is 0.381 e. The van der Waals surface area contributed by atoms with E-state index in [0.29, 0.717) is 0 Å². The van der Waals surface area contributed by atoms with Gasteiger partial charge in [0.25, 0.3) is 0 Å². The van der Waals surface area contributed by atoms with Gasteiger partial charge in [0.15, 0.2) is 5.82 Å². The fourth-order valence-corrected chi connectivity index (χ4v) is 2.62. The van der Waals surface area contributed by atoms with E-state index in [-0.39, 0.29) is 0 Å². The van der Waals surface area contributed by atoms with Gasteiger partial charge in [-0.2, -0.15) is 5.10 Å². The van der Waals surface area contributed by atoms with E-state index in [1.54, 1.807) is 0 Å². The van der Waals surface area contributed by atoms with E-state index >= 15 is 0 Å². The Bertz CT molecular complexity index is 892. The first-order chi connectivity index (χ1) is 10.9. The third kappa shape index (κ3) is 2.33. The van der Waals surface area contributed by atoms with Gasteiger partial charge in [-0.25, -0.2) is 4.98 Å². The number of nitrogens with one attached hydrogen (secondary N) is 3. The molecule has 3 N–H and O–H groups in total. The molecule has 0 fully saturated rings. The molecule has 2 heterocycles. The summed E-state index contributed by atoms with van der Waals surface area (Å²) in [5.74, 6) is 0.773. The van der Waals surface area contributed by atoms with Crippen LogP contribution in [0.5, 0.6) is 0 Å². The Balaban J connectivity index is 1.57. The van der Waals surface area contributed by atoms with Crippen LogP contribution in [0.25, 0.3) is 22.3 Å². The predicted molar refractivity (Wildman–Crippen MR) is 87.4 cm³/mol. The Morgan fingerprint density at radius 2 is 2.00 bits per heavy atom. The smallest absolute Gasteiger partial charge is 0.155 e. The van der Waals surface area contributed by atoms with Crippen LogP contribution >= 0.6 is 0 Å². The number of aromatic amines is 2. The molecule has 4 rings (SSSR count). The second-order valence-electron chi connectivity index (χ2n) is 5.13. The third-order valence-corrected chi connectivity index (χ3v) is 3.71. The van der Waals surface area contributed by atoms with Crippen molar-refractivity contribution in [3.05, 3.63) is 66.6 Å². The van der Waals surface area contributed by atoms with Crippen LogP contribution in [-0.2, 0) is 6.54 Å². The van der Waals surface area contributed by atoms with E-state index in [9.17, 15) is 0 Å². The molecule has 22 heavy (non-hydrogen) atoms. The highest BCUT2D eigenvalue weighted by atomic mass is 15.2. The van der Waals surface area contributed by atoms with Crippen molar-refractivity contribution in [1.82, 2.24) is 20.2 Å². The number of hydrogen-bond acceptors (Lipinski definition) is 3. The minimum absolute atomic E-state index is 0.762. The van der Waals surface area contributed by atoms with Crippen molar-refractivity contribution in [2.24, 2.45) is 0 Å². The molecule has 5 heteroatoms. The first-order valence-electron chi connectivity index (χ1n) is 7.15. The summed E-state index contributed by atoms with van der Waals surface area (Å²) in [4.78, 5) is 7.48. The molecule has 5 nitrogen and oxygen atoms in total. The fourth-order valence-electron chi connectivity index (χ4n) is 2.62. The number of H-pyrrole nitrogens is 2. The highest BCUT2D eigenvalue weighted by Gasteiger charge is 2.04. The number of rotatable bonds is 4. The van der Waals surface area contributed by atoms with Gasteiger partial charge in [-0.05, 0) is 29.1 Å². The average molecular weight is 289 g/mol. The van der Waals surface area contributed by atoms with Gasteiger partial charge in [-0.3, -0.25) is 5.10 Å². The van der Waals surface area contributed by atoms with Crippen LogP contribution in [0.3, 0.4) is 0 Å². The second-order valence-corrected chi connectivity index (χ2v) is 5.13. The molecule has 0 saturated heterocycles. The molecule has 2 aromatic heterocycles. The van der Waals surface area contributed by atoms with Crippen molar-refractivity contribution in [3.8, 4) is 11.4 Å². The van der Waals surface area contributed by atoms with Gasteiger partial charge < -0.3 is 10.3 Å². The van der Waals surface area contributed by atoms with Gasteiger partial charge in [-0.15, -0.1) is 0 Å². The van der Waals surface area contributed by atoms with E-state index in [1.807, 2.05) is 18.3 Å². The zero-order valence-corrected chi connectivity index (χ0v) is 11.9. The van der Waals surface area contributed by atoms with Crippen LogP contribution in [-0.4, -0.2) is 20.2 Å². The minimum atomic E-state index is 0.762. The predicted octanol–water partition coefficient (Wildman–Crippen LogP) is 3.57. The van der Waals surface area contributed by atoms with Crippen LogP contribution in [0.4, 0.5) is 5.69 Å². The van der Waals surface area contributed by atoms with Crippen LogP contribution in [0, 0.1) is 0 Å². The summed E-state index contributed by atoms with van der Waals surface area (Å²) in [5.41, 5.74) is 4.49. The molecule has 0 aliphatic rings. The highest BCUT2D eigenvalue weighted by Crippen LogP contribution is 2.21. The van der Waals surface area contributed by atoms with Gasteiger partial charge in [0.2, 0.25) is 0 Å². The zero-order valence-electron chi connectivity index (χ0n) is 11.9. The molecular weight excluding hydrogens is 274 g/mol. The standard InChI is InChI=1S/C17H15N5/c1-3-12-7-8-18-16(12)14(5-1)10-19-15-6-2-4-13(9-15)17-20-11-21-22-17/h1-9,11,18-19H,10H2,(H,20,21,22).